The number of nitrogens with one attached hydrogen (secondary N) is 1. The highest BCUT2D eigenvalue weighted by Gasteiger charge is 2.28. The van der Waals surface area contributed by atoms with Crippen LogP contribution in [0.5, 0.6) is 11.6 Å². The smallest absolute Gasteiger partial charge is 0.415 e. The van der Waals surface area contributed by atoms with E-state index in [9.17, 15) is 14.7 Å². The lowest BCUT2D eigenvalue weighted by Gasteiger charge is -2.33. The van der Waals surface area contributed by atoms with E-state index in [0.29, 0.717) is 36.7 Å². The van der Waals surface area contributed by atoms with Gasteiger partial charge >= 0.3 is 6.09 Å². The van der Waals surface area contributed by atoms with Gasteiger partial charge in [0.1, 0.15) is 12.1 Å². The summed E-state index contributed by atoms with van der Waals surface area (Å²) in [5.41, 5.74) is 2.36. The Morgan fingerprint density at radius 1 is 1.31 bits per heavy atom. The predicted octanol–water partition coefficient (Wildman–Crippen LogP) is 2.24. The second kappa shape index (κ2) is 7.51. The zero-order valence-electron chi connectivity index (χ0n) is 16.1. The van der Waals surface area contributed by atoms with E-state index in [-0.39, 0.29) is 11.9 Å². The van der Waals surface area contributed by atoms with Crippen molar-refractivity contribution in [2.75, 3.05) is 13.6 Å². The Morgan fingerprint density at radius 2 is 2.14 bits per heavy atom. The van der Waals surface area contributed by atoms with Crippen LogP contribution in [0.2, 0.25) is 0 Å². The number of carbonyl (C=O) groups is 2. The molecule has 9 nitrogen and oxygen atoms in total. The van der Waals surface area contributed by atoms with Crippen LogP contribution in [-0.4, -0.2) is 56.2 Å². The average molecular weight is 395 g/mol. The molecule has 1 aliphatic rings. The number of carbonyl (C=O) groups excluding carboxylic acids is 1. The maximum absolute atomic E-state index is 11.7. The van der Waals surface area contributed by atoms with Crippen LogP contribution in [0.1, 0.15) is 18.2 Å². The molecule has 0 aliphatic carbocycles. The summed E-state index contributed by atoms with van der Waals surface area (Å²) in [6, 6.07) is 7.08. The van der Waals surface area contributed by atoms with Gasteiger partial charge in [0, 0.05) is 36.8 Å². The molecule has 0 radical (unpaired) electrons. The molecule has 1 amide bonds. The van der Waals surface area contributed by atoms with Crippen molar-refractivity contribution < 1.29 is 19.4 Å². The van der Waals surface area contributed by atoms with Crippen molar-refractivity contribution in [1.82, 2.24) is 24.8 Å². The Bertz CT molecular complexity index is 1090. The Labute approximate surface area is 166 Å². The van der Waals surface area contributed by atoms with Crippen molar-refractivity contribution in [3.8, 4) is 11.6 Å². The van der Waals surface area contributed by atoms with Gasteiger partial charge in [-0.05, 0) is 37.6 Å². The van der Waals surface area contributed by atoms with Crippen molar-refractivity contribution in [2.24, 2.45) is 0 Å². The van der Waals surface area contributed by atoms with Crippen molar-refractivity contribution >= 4 is 22.9 Å². The summed E-state index contributed by atoms with van der Waals surface area (Å²) in [5.74, 6) is 1.02. The largest absolute Gasteiger partial charge is 0.464 e. The Kier molecular flexibility index (Phi) is 4.89. The lowest BCUT2D eigenvalue weighted by Crippen LogP contribution is -2.44. The third-order valence-electron chi connectivity index (χ3n) is 5.18. The molecule has 0 spiro atoms. The highest BCUT2D eigenvalue weighted by atomic mass is 16.5. The molecule has 0 fully saturated rings. The van der Waals surface area contributed by atoms with E-state index < -0.39 is 6.09 Å². The van der Waals surface area contributed by atoms with Gasteiger partial charge in [-0.2, -0.15) is 0 Å². The minimum Gasteiger partial charge on any atom is -0.464 e. The molecule has 2 aromatic heterocycles. The molecule has 3 aromatic rings. The SMILES string of the molecule is CNC(=O)CN1Cc2ncnc(Oc3ccc4c(ccn4C(=O)O)c3)c2C[C@@H]1C. The fourth-order valence-electron chi connectivity index (χ4n) is 3.57. The van der Waals surface area contributed by atoms with E-state index in [2.05, 4.69) is 27.1 Å². The summed E-state index contributed by atoms with van der Waals surface area (Å²) in [6.45, 7) is 2.92. The summed E-state index contributed by atoms with van der Waals surface area (Å²) in [6.07, 6.45) is 2.60. The van der Waals surface area contributed by atoms with Crippen molar-refractivity contribution in [1.29, 1.82) is 0 Å². The first-order valence-electron chi connectivity index (χ1n) is 9.26. The standard InChI is InChI=1S/C20H21N5O4/c1-12-7-15-16(9-24(12)10-18(26)21-2)22-11-23-19(15)29-14-3-4-17-13(8-14)5-6-25(17)20(27)28/h3-6,8,11-12H,7,9-10H2,1-2H3,(H,21,26)(H,27,28)/t12-/m0/s1. The van der Waals surface area contributed by atoms with Gasteiger partial charge in [-0.3, -0.25) is 14.3 Å². The van der Waals surface area contributed by atoms with E-state index in [4.69, 9.17) is 4.74 Å². The van der Waals surface area contributed by atoms with Gasteiger partial charge in [-0.25, -0.2) is 14.8 Å². The van der Waals surface area contributed by atoms with E-state index in [1.807, 2.05) is 0 Å². The fourth-order valence-corrected chi connectivity index (χ4v) is 3.57. The lowest BCUT2D eigenvalue weighted by molar-refractivity contribution is -0.122. The van der Waals surface area contributed by atoms with Gasteiger partial charge in [-0.1, -0.05) is 0 Å². The van der Waals surface area contributed by atoms with Crippen LogP contribution in [-0.2, 0) is 17.8 Å². The minimum atomic E-state index is -1.03. The normalized spacial score (nSPS) is 16.4. The average Bonchev–Trinajstić information content (AvgIpc) is 3.12. The molecular formula is C20H21N5O4. The number of fused-ring (bicyclic) bond motifs is 2. The van der Waals surface area contributed by atoms with Crippen LogP contribution in [0.15, 0.2) is 36.8 Å². The topological polar surface area (TPSA) is 110 Å². The van der Waals surface area contributed by atoms with E-state index in [0.717, 1.165) is 21.2 Å². The van der Waals surface area contributed by atoms with Crippen LogP contribution < -0.4 is 10.1 Å². The first-order chi connectivity index (χ1) is 14.0. The second-order valence-corrected chi connectivity index (χ2v) is 7.03. The van der Waals surface area contributed by atoms with Crippen LogP contribution >= 0.6 is 0 Å². The molecule has 1 atom stereocenters. The van der Waals surface area contributed by atoms with Crippen LogP contribution in [0.25, 0.3) is 10.9 Å². The number of hydrogen-bond donors (Lipinski definition) is 2. The van der Waals surface area contributed by atoms with Crippen LogP contribution in [0.3, 0.4) is 0 Å². The Hall–Kier alpha value is -3.46. The minimum absolute atomic E-state index is 0.0348. The van der Waals surface area contributed by atoms with Gasteiger partial charge < -0.3 is 15.2 Å². The highest BCUT2D eigenvalue weighted by molar-refractivity contribution is 5.89. The number of rotatable bonds is 4. The molecule has 0 unspecified atom stereocenters. The number of likely N-dealkylation sites (N-methyl/N-ethyl adjacent to an activating group) is 1. The summed E-state index contributed by atoms with van der Waals surface area (Å²) in [7, 11) is 1.63. The van der Waals surface area contributed by atoms with Gasteiger partial charge in [-0.15, -0.1) is 0 Å². The Morgan fingerprint density at radius 3 is 2.90 bits per heavy atom. The third-order valence-corrected chi connectivity index (χ3v) is 5.18. The molecule has 2 N–H and O–H groups in total. The van der Waals surface area contributed by atoms with Crippen molar-refractivity contribution in [3.63, 3.8) is 0 Å². The number of carboxylic acid groups (broad SMARTS) is 1. The zero-order chi connectivity index (χ0) is 20.5. The summed E-state index contributed by atoms with van der Waals surface area (Å²) in [5, 5.41) is 12.6. The van der Waals surface area contributed by atoms with E-state index in [1.54, 1.807) is 31.3 Å². The van der Waals surface area contributed by atoms with E-state index in [1.165, 1.54) is 12.5 Å². The number of hydrogen-bond acceptors (Lipinski definition) is 6. The van der Waals surface area contributed by atoms with Gasteiger partial charge in [0.15, 0.2) is 0 Å². The summed E-state index contributed by atoms with van der Waals surface area (Å²) in [4.78, 5) is 33.7. The fraction of sp³-hybridized carbons (Fsp3) is 0.300. The monoisotopic (exact) mass is 395 g/mol. The first kappa shape index (κ1) is 18.9. The maximum atomic E-state index is 11.7. The quantitative estimate of drug-likeness (QED) is 0.697. The van der Waals surface area contributed by atoms with Crippen LogP contribution in [0, 0.1) is 0 Å². The van der Waals surface area contributed by atoms with E-state index >= 15 is 0 Å². The van der Waals surface area contributed by atoms with Crippen molar-refractivity contribution in [3.05, 3.63) is 48.0 Å². The van der Waals surface area contributed by atoms with Gasteiger partial charge in [0.05, 0.1) is 17.8 Å². The highest BCUT2D eigenvalue weighted by Crippen LogP contribution is 2.32. The number of benzene rings is 1. The van der Waals surface area contributed by atoms with Crippen LogP contribution in [0.4, 0.5) is 4.79 Å². The number of aromatic nitrogens is 3. The maximum Gasteiger partial charge on any atom is 0.415 e. The molecule has 1 aromatic carbocycles. The molecule has 0 saturated heterocycles. The van der Waals surface area contributed by atoms with Crippen molar-refractivity contribution in [2.45, 2.75) is 25.9 Å². The molecule has 1 aliphatic heterocycles. The number of amides is 1. The second-order valence-electron chi connectivity index (χ2n) is 7.03. The molecule has 0 bridgehead atoms. The molecule has 4 rings (SSSR count). The number of ether oxygens (including phenoxy) is 1. The predicted molar refractivity (Wildman–Crippen MR) is 105 cm³/mol. The molecule has 29 heavy (non-hydrogen) atoms. The number of nitrogens with zero attached hydrogens (tertiary/aromatic N) is 4. The third kappa shape index (κ3) is 3.64. The molecule has 150 valence electrons. The molecular weight excluding hydrogens is 374 g/mol. The molecule has 0 saturated carbocycles. The molecule has 9 heteroatoms. The zero-order valence-corrected chi connectivity index (χ0v) is 16.1. The Balaban J connectivity index is 1.60. The summed E-state index contributed by atoms with van der Waals surface area (Å²) < 4.78 is 7.20. The van der Waals surface area contributed by atoms with Gasteiger partial charge in [0.2, 0.25) is 11.8 Å². The first-order valence-corrected chi connectivity index (χ1v) is 9.26. The summed E-state index contributed by atoms with van der Waals surface area (Å²) >= 11 is 0. The van der Waals surface area contributed by atoms with Gasteiger partial charge in [0.25, 0.3) is 0 Å². The lowest BCUT2D eigenvalue weighted by atomic mass is 9.99. The molecule has 3 heterocycles.